The van der Waals surface area contributed by atoms with Gasteiger partial charge in [0.05, 0.1) is 0 Å². The Morgan fingerprint density at radius 3 is 2.44 bits per heavy atom. The molecule has 16 heavy (non-hydrogen) atoms. The van der Waals surface area contributed by atoms with Gasteiger partial charge in [0, 0.05) is 18.0 Å². The standard InChI is InChI=1S/C13H26N2O/c1-9(2)10(3)13(16)15-11(4)12-7-5-6-8-14-12/h9-12,14H,5-8H2,1-4H3,(H,15,16). The van der Waals surface area contributed by atoms with E-state index in [9.17, 15) is 4.79 Å². The molecule has 1 aliphatic rings. The Morgan fingerprint density at radius 2 is 1.94 bits per heavy atom. The van der Waals surface area contributed by atoms with Gasteiger partial charge in [-0.05, 0) is 32.2 Å². The number of hydrogen-bond donors (Lipinski definition) is 2. The summed E-state index contributed by atoms with van der Waals surface area (Å²) in [6, 6.07) is 0.700. The van der Waals surface area contributed by atoms with Crippen molar-refractivity contribution in [3.63, 3.8) is 0 Å². The van der Waals surface area contributed by atoms with E-state index >= 15 is 0 Å². The van der Waals surface area contributed by atoms with E-state index in [-0.39, 0.29) is 17.9 Å². The Hall–Kier alpha value is -0.570. The highest BCUT2D eigenvalue weighted by Crippen LogP contribution is 2.13. The molecule has 3 atom stereocenters. The Kier molecular flexibility index (Phi) is 5.26. The minimum absolute atomic E-state index is 0.103. The lowest BCUT2D eigenvalue weighted by atomic mass is 9.95. The number of hydrogen-bond acceptors (Lipinski definition) is 2. The molecule has 1 rings (SSSR count). The summed E-state index contributed by atoms with van der Waals surface area (Å²) >= 11 is 0. The third-order valence-electron chi connectivity index (χ3n) is 3.74. The lowest BCUT2D eigenvalue weighted by molar-refractivity contribution is -0.126. The highest BCUT2D eigenvalue weighted by Gasteiger charge is 2.23. The van der Waals surface area contributed by atoms with E-state index in [4.69, 9.17) is 0 Å². The van der Waals surface area contributed by atoms with Crippen LogP contribution in [-0.2, 0) is 4.79 Å². The number of nitrogens with one attached hydrogen (secondary N) is 2. The average Bonchev–Trinajstić information content (AvgIpc) is 2.28. The Morgan fingerprint density at radius 1 is 1.25 bits per heavy atom. The Balaban J connectivity index is 2.37. The van der Waals surface area contributed by atoms with E-state index in [0.717, 1.165) is 6.54 Å². The zero-order valence-corrected chi connectivity index (χ0v) is 11.0. The molecular weight excluding hydrogens is 200 g/mol. The SMILES string of the molecule is CC(C)C(C)C(=O)NC(C)C1CCCCN1. The second-order valence-electron chi connectivity index (χ2n) is 5.39. The Bertz CT molecular complexity index is 222. The zero-order chi connectivity index (χ0) is 12.1. The second kappa shape index (κ2) is 6.24. The van der Waals surface area contributed by atoms with E-state index in [1.54, 1.807) is 0 Å². The van der Waals surface area contributed by atoms with Crippen molar-refractivity contribution in [3.8, 4) is 0 Å². The van der Waals surface area contributed by atoms with Crippen LogP contribution in [0.15, 0.2) is 0 Å². The molecule has 1 saturated heterocycles. The van der Waals surface area contributed by atoms with Crippen LogP contribution in [0.2, 0.25) is 0 Å². The minimum Gasteiger partial charge on any atom is -0.352 e. The van der Waals surface area contributed by atoms with Gasteiger partial charge < -0.3 is 10.6 Å². The fourth-order valence-electron chi connectivity index (χ4n) is 2.06. The van der Waals surface area contributed by atoms with Gasteiger partial charge in [0.25, 0.3) is 0 Å². The summed E-state index contributed by atoms with van der Waals surface area (Å²) in [4.78, 5) is 11.9. The molecule has 0 aromatic carbocycles. The van der Waals surface area contributed by atoms with Crippen molar-refractivity contribution < 1.29 is 4.79 Å². The van der Waals surface area contributed by atoms with Gasteiger partial charge in [0.2, 0.25) is 5.91 Å². The Labute approximate surface area is 99.4 Å². The maximum Gasteiger partial charge on any atom is 0.223 e. The third kappa shape index (κ3) is 3.78. The second-order valence-corrected chi connectivity index (χ2v) is 5.39. The molecule has 0 aromatic heterocycles. The van der Waals surface area contributed by atoms with Crippen molar-refractivity contribution >= 4 is 5.91 Å². The first kappa shape index (κ1) is 13.5. The van der Waals surface area contributed by atoms with Crippen LogP contribution in [0, 0.1) is 11.8 Å². The van der Waals surface area contributed by atoms with E-state index in [1.165, 1.54) is 19.3 Å². The molecule has 3 heteroatoms. The van der Waals surface area contributed by atoms with Gasteiger partial charge in [0.15, 0.2) is 0 Å². The van der Waals surface area contributed by atoms with Crippen LogP contribution in [-0.4, -0.2) is 24.5 Å². The predicted molar refractivity (Wildman–Crippen MR) is 67.2 cm³/mol. The zero-order valence-electron chi connectivity index (χ0n) is 11.0. The molecule has 94 valence electrons. The average molecular weight is 226 g/mol. The summed E-state index contributed by atoms with van der Waals surface area (Å²) in [5.74, 6) is 0.701. The van der Waals surface area contributed by atoms with E-state index in [2.05, 4.69) is 31.4 Å². The lowest BCUT2D eigenvalue weighted by Gasteiger charge is -2.30. The van der Waals surface area contributed by atoms with Gasteiger partial charge in [-0.2, -0.15) is 0 Å². The van der Waals surface area contributed by atoms with Crippen molar-refractivity contribution in [1.82, 2.24) is 10.6 Å². The van der Waals surface area contributed by atoms with E-state index in [1.807, 2.05) is 6.92 Å². The molecule has 1 aliphatic heterocycles. The molecular formula is C13H26N2O. The van der Waals surface area contributed by atoms with Gasteiger partial charge in [-0.3, -0.25) is 4.79 Å². The molecule has 1 heterocycles. The molecule has 0 saturated carbocycles. The smallest absolute Gasteiger partial charge is 0.223 e. The van der Waals surface area contributed by atoms with E-state index < -0.39 is 0 Å². The van der Waals surface area contributed by atoms with Crippen molar-refractivity contribution in [2.24, 2.45) is 11.8 Å². The highest BCUT2D eigenvalue weighted by molar-refractivity contribution is 5.78. The summed E-state index contributed by atoms with van der Waals surface area (Å²) in [7, 11) is 0. The van der Waals surface area contributed by atoms with Crippen LogP contribution in [0.5, 0.6) is 0 Å². The largest absolute Gasteiger partial charge is 0.352 e. The normalized spacial score (nSPS) is 25.2. The number of amides is 1. The first-order valence-corrected chi connectivity index (χ1v) is 6.56. The minimum atomic E-state index is 0.103. The molecule has 0 aliphatic carbocycles. The monoisotopic (exact) mass is 226 g/mol. The number of piperidine rings is 1. The van der Waals surface area contributed by atoms with Gasteiger partial charge in [-0.15, -0.1) is 0 Å². The fraction of sp³-hybridized carbons (Fsp3) is 0.923. The summed E-state index contributed by atoms with van der Waals surface area (Å²) in [6.07, 6.45) is 3.72. The quantitative estimate of drug-likeness (QED) is 0.769. The summed E-state index contributed by atoms with van der Waals surface area (Å²) < 4.78 is 0. The predicted octanol–water partition coefficient (Wildman–Crippen LogP) is 1.93. The van der Waals surface area contributed by atoms with E-state index in [0.29, 0.717) is 12.0 Å². The first-order chi connectivity index (χ1) is 7.52. The molecule has 0 spiro atoms. The maximum atomic E-state index is 11.9. The van der Waals surface area contributed by atoms with Crippen molar-refractivity contribution in [3.05, 3.63) is 0 Å². The number of carbonyl (C=O) groups is 1. The molecule has 1 amide bonds. The van der Waals surface area contributed by atoms with Crippen LogP contribution < -0.4 is 10.6 Å². The van der Waals surface area contributed by atoms with Crippen LogP contribution in [0.1, 0.15) is 47.0 Å². The van der Waals surface area contributed by atoms with Crippen LogP contribution in [0.4, 0.5) is 0 Å². The highest BCUT2D eigenvalue weighted by atomic mass is 16.1. The number of rotatable bonds is 4. The van der Waals surface area contributed by atoms with Crippen molar-refractivity contribution in [2.75, 3.05) is 6.54 Å². The van der Waals surface area contributed by atoms with Gasteiger partial charge >= 0.3 is 0 Å². The molecule has 0 radical (unpaired) electrons. The van der Waals surface area contributed by atoms with Gasteiger partial charge in [-0.25, -0.2) is 0 Å². The third-order valence-corrected chi connectivity index (χ3v) is 3.74. The molecule has 0 aromatic rings. The van der Waals surface area contributed by atoms with Crippen LogP contribution in [0.3, 0.4) is 0 Å². The van der Waals surface area contributed by atoms with Crippen LogP contribution in [0.25, 0.3) is 0 Å². The topological polar surface area (TPSA) is 41.1 Å². The van der Waals surface area contributed by atoms with Crippen LogP contribution >= 0.6 is 0 Å². The fourth-order valence-corrected chi connectivity index (χ4v) is 2.06. The number of carbonyl (C=O) groups excluding carboxylic acids is 1. The summed E-state index contributed by atoms with van der Waals surface area (Å²) in [6.45, 7) is 9.38. The molecule has 2 N–H and O–H groups in total. The van der Waals surface area contributed by atoms with Crippen molar-refractivity contribution in [2.45, 2.75) is 59.0 Å². The van der Waals surface area contributed by atoms with Gasteiger partial charge in [0.1, 0.15) is 0 Å². The summed E-state index contributed by atoms with van der Waals surface area (Å²) in [5, 5.41) is 6.61. The maximum absolute atomic E-state index is 11.9. The summed E-state index contributed by atoms with van der Waals surface area (Å²) in [5.41, 5.74) is 0. The molecule has 1 fully saturated rings. The van der Waals surface area contributed by atoms with Gasteiger partial charge in [-0.1, -0.05) is 27.2 Å². The van der Waals surface area contributed by atoms with Crippen molar-refractivity contribution in [1.29, 1.82) is 0 Å². The lowest BCUT2D eigenvalue weighted by Crippen LogP contribution is -2.51. The molecule has 3 nitrogen and oxygen atoms in total. The molecule has 0 bridgehead atoms. The molecule has 3 unspecified atom stereocenters. The first-order valence-electron chi connectivity index (χ1n) is 6.56.